The first-order chi connectivity index (χ1) is 9.65. The standard InChI is InChI=1S/C16H24N2O3/c1-7-21-15(20)13(16(4,5)6)14(19)18-12-9-10(2)8-11(3)17-12/h8-9,13H,7H2,1-6H3,(H,17,18,19). The second-order valence-electron chi connectivity index (χ2n) is 6.21. The predicted molar refractivity (Wildman–Crippen MR) is 81.9 cm³/mol. The van der Waals surface area contributed by atoms with Crippen molar-refractivity contribution in [2.75, 3.05) is 11.9 Å². The van der Waals surface area contributed by atoms with Crippen molar-refractivity contribution >= 4 is 17.7 Å². The maximum Gasteiger partial charge on any atom is 0.319 e. The van der Waals surface area contributed by atoms with E-state index in [2.05, 4.69) is 10.3 Å². The molecule has 0 bridgehead atoms. The number of pyridine rings is 1. The average Bonchev–Trinajstić information content (AvgIpc) is 2.25. The van der Waals surface area contributed by atoms with E-state index in [-0.39, 0.29) is 6.61 Å². The Balaban J connectivity index is 2.98. The van der Waals surface area contributed by atoms with Crippen LogP contribution in [0.15, 0.2) is 12.1 Å². The van der Waals surface area contributed by atoms with Gasteiger partial charge in [0.25, 0.3) is 0 Å². The van der Waals surface area contributed by atoms with Crippen molar-refractivity contribution in [3.05, 3.63) is 23.4 Å². The molecule has 116 valence electrons. The van der Waals surface area contributed by atoms with E-state index in [0.29, 0.717) is 5.82 Å². The molecule has 1 aromatic rings. The molecule has 0 spiro atoms. The van der Waals surface area contributed by atoms with Gasteiger partial charge in [-0.2, -0.15) is 0 Å². The molecular weight excluding hydrogens is 268 g/mol. The van der Waals surface area contributed by atoms with E-state index in [0.717, 1.165) is 11.3 Å². The first-order valence-corrected chi connectivity index (χ1v) is 7.08. The molecule has 0 fully saturated rings. The predicted octanol–water partition coefficient (Wildman–Crippen LogP) is 2.86. The summed E-state index contributed by atoms with van der Waals surface area (Å²) >= 11 is 0. The summed E-state index contributed by atoms with van der Waals surface area (Å²) in [6, 6.07) is 3.69. The van der Waals surface area contributed by atoms with Crippen LogP contribution in [0.1, 0.15) is 39.0 Å². The zero-order valence-electron chi connectivity index (χ0n) is 13.6. The third kappa shape index (κ3) is 4.85. The molecule has 0 aliphatic carbocycles. The van der Waals surface area contributed by atoms with Crippen LogP contribution in [0.2, 0.25) is 0 Å². The molecule has 1 unspecified atom stereocenters. The molecular formula is C16H24N2O3. The van der Waals surface area contributed by atoms with Crippen LogP contribution in [0.4, 0.5) is 5.82 Å². The number of amides is 1. The number of aryl methyl sites for hydroxylation is 2. The second-order valence-corrected chi connectivity index (χ2v) is 6.21. The van der Waals surface area contributed by atoms with Gasteiger partial charge in [-0.3, -0.25) is 9.59 Å². The van der Waals surface area contributed by atoms with Crippen molar-refractivity contribution in [1.82, 2.24) is 4.98 Å². The molecule has 1 heterocycles. The summed E-state index contributed by atoms with van der Waals surface area (Å²) in [7, 11) is 0. The third-order valence-electron chi connectivity index (χ3n) is 3.00. The van der Waals surface area contributed by atoms with E-state index < -0.39 is 23.2 Å². The fourth-order valence-electron chi connectivity index (χ4n) is 2.18. The number of hydrogen-bond acceptors (Lipinski definition) is 4. The molecule has 0 aliphatic heterocycles. The quantitative estimate of drug-likeness (QED) is 0.684. The van der Waals surface area contributed by atoms with Gasteiger partial charge in [-0.05, 0) is 43.9 Å². The highest BCUT2D eigenvalue weighted by atomic mass is 16.5. The Morgan fingerprint density at radius 2 is 1.90 bits per heavy atom. The molecule has 1 N–H and O–H groups in total. The largest absolute Gasteiger partial charge is 0.465 e. The second kappa shape index (κ2) is 6.70. The number of carbonyl (C=O) groups excluding carboxylic acids is 2. The Bertz CT molecular complexity index is 513. The zero-order chi connectivity index (χ0) is 16.2. The van der Waals surface area contributed by atoms with E-state index in [1.807, 2.05) is 40.7 Å². The van der Waals surface area contributed by atoms with Gasteiger partial charge >= 0.3 is 5.97 Å². The molecule has 1 rings (SSSR count). The Hall–Kier alpha value is -1.91. The molecule has 1 atom stereocenters. The minimum absolute atomic E-state index is 0.250. The number of anilines is 1. The Labute approximate surface area is 126 Å². The molecule has 0 saturated carbocycles. The summed E-state index contributed by atoms with van der Waals surface area (Å²) in [6.07, 6.45) is 0. The molecule has 0 saturated heterocycles. The van der Waals surface area contributed by atoms with E-state index in [1.54, 1.807) is 13.0 Å². The summed E-state index contributed by atoms with van der Waals surface area (Å²) in [5.74, 6) is -1.32. The average molecular weight is 292 g/mol. The number of nitrogens with zero attached hydrogens (tertiary/aromatic N) is 1. The fourth-order valence-corrected chi connectivity index (χ4v) is 2.18. The highest BCUT2D eigenvalue weighted by Crippen LogP contribution is 2.28. The monoisotopic (exact) mass is 292 g/mol. The molecule has 5 nitrogen and oxygen atoms in total. The van der Waals surface area contributed by atoms with Crippen molar-refractivity contribution < 1.29 is 14.3 Å². The number of esters is 1. The maximum absolute atomic E-state index is 12.4. The number of rotatable bonds is 4. The van der Waals surface area contributed by atoms with Crippen molar-refractivity contribution in [1.29, 1.82) is 0 Å². The van der Waals surface area contributed by atoms with Gasteiger partial charge in [0.1, 0.15) is 11.7 Å². The lowest BCUT2D eigenvalue weighted by molar-refractivity contribution is -0.155. The third-order valence-corrected chi connectivity index (χ3v) is 3.00. The summed E-state index contributed by atoms with van der Waals surface area (Å²) < 4.78 is 5.02. The Morgan fingerprint density at radius 3 is 2.38 bits per heavy atom. The topological polar surface area (TPSA) is 68.3 Å². The number of aromatic nitrogens is 1. The van der Waals surface area contributed by atoms with E-state index in [1.165, 1.54) is 0 Å². The minimum Gasteiger partial charge on any atom is -0.465 e. The highest BCUT2D eigenvalue weighted by molar-refractivity contribution is 6.05. The molecule has 0 aromatic carbocycles. The molecule has 0 radical (unpaired) electrons. The lowest BCUT2D eigenvalue weighted by atomic mass is 9.80. The van der Waals surface area contributed by atoms with Crippen molar-refractivity contribution in [2.45, 2.75) is 41.5 Å². The van der Waals surface area contributed by atoms with Gasteiger partial charge in [-0.25, -0.2) is 4.98 Å². The van der Waals surface area contributed by atoms with Crippen LogP contribution in [-0.4, -0.2) is 23.5 Å². The van der Waals surface area contributed by atoms with Crippen LogP contribution < -0.4 is 5.32 Å². The van der Waals surface area contributed by atoms with Gasteiger partial charge in [-0.15, -0.1) is 0 Å². The van der Waals surface area contributed by atoms with E-state index in [4.69, 9.17) is 4.74 Å². The molecule has 0 aliphatic rings. The number of ether oxygens (including phenoxy) is 1. The molecule has 21 heavy (non-hydrogen) atoms. The Morgan fingerprint density at radius 1 is 1.29 bits per heavy atom. The lowest BCUT2D eigenvalue weighted by Crippen LogP contribution is -2.40. The van der Waals surface area contributed by atoms with Gasteiger partial charge in [0.15, 0.2) is 0 Å². The molecule has 1 aromatic heterocycles. The normalized spacial score (nSPS) is 12.7. The van der Waals surface area contributed by atoms with Crippen molar-refractivity contribution in [3.8, 4) is 0 Å². The molecule has 5 heteroatoms. The van der Waals surface area contributed by atoms with Crippen LogP contribution in [0.3, 0.4) is 0 Å². The van der Waals surface area contributed by atoms with E-state index in [9.17, 15) is 9.59 Å². The van der Waals surface area contributed by atoms with Crippen molar-refractivity contribution in [3.63, 3.8) is 0 Å². The summed E-state index contributed by atoms with van der Waals surface area (Å²) in [5, 5.41) is 2.72. The van der Waals surface area contributed by atoms with E-state index >= 15 is 0 Å². The van der Waals surface area contributed by atoms with Gasteiger partial charge < -0.3 is 10.1 Å². The van der Waals surface area contributed by atoms with Crippen LogP contribution in [0.5, 0.6) is 0 Å². The van der Waals surface area contributed by atoms with Gasteiger partial charge in [0.2, 0.25) is 5.91 Å². The Kier molecular flexibility index (Phi) is 5.47. The summed E-state index contributed by atoms with van der Waals surface area (Å²) in [5.41, 5.74) is 1.28. The number of nitrogens with one attached hydrogen (secondary N) is 1. The smallest absolute Gasteiger partial charge is 0.319 e. The van der Waals surface area contributed by atoms with Crippen LogP contribution >= 0.6 is 0 Å². The van der Waals surface area contributed by atoms with Gasteiger partial charge in [0.05, 0.1) is 6.61 Å². The summed E-state index contributed by atoms with van der Waals surface area (Å²) in [6.45, 7) is 11.3. The maximum atomic E-state index is 12.4. The molecule has 1 amide bonds. The minimum atomic E-state index is -0.875. The number of hydrogen-bond donors (Lipinski definition) is 1. The SMILES string of the molecule is CCOC(=O)C(C(=O)Nc1cc(C)cc(C)n1)C(C)(C)C. The van der Waals surface area contributed by atoms with Gasteiger partial charge in [0, 0.05) is 5.69 Å². The van der Waals surface area contributed by atoms with Gasteiger partial charge in [-0.1, -0.05) is 20.8 Å². The highest BCUT2D eigenvalue weighted by Gasteiger charge is 2.39. The van der Waals surface area contributed by atoms with Crippen LogP contribution in [0.25, 0.3) is 0 Å². The lowest BCUT2D eigenvalue weighted by Gasteiger charge is -2.27. The zero-order valence-corrected chi connectivity index (χ0v) is 13.6. The first kappa shape index (κ1) is 17.1. The van der Waals surface area contributed by atoms with Crippen LogP contribution in [0, 0.1) is 25.2 Å². The van der Waals surface area contributed by atoms with Crippen LogP contribution in [-0.2, 0) is 14.3 Å². The number of carbonyl (C=O) groups is 2. The summed E-state index contributed by atoms with van der Waals surface area (Å²) in [4.78, 5) is 28.8. The first-order valence-electron chi connectivity index (χ1n) is 7.08. The fraction of sp³-hybridized carbons (Fsp3) is 0.562. The van der Waals surface area contributed by atoms with Crippen molar-refractivity contribution in [2.24, 2.45) is 11.3 Å².